The summed E-state index contributed by atoms with van der Waals surface area (Å²) in [5.74, 6) is 0. The topological polar surface area (TPSA) is 61.4 Å². The highest BCUT2D eigenvalue weighted by atomic mass is 32.1. The van der Waals surface area contributed by atoms with Gasteiger partial charge in [-0.15, -0.1) is 11.3 Å². The fourth-order valence-corrected chi connectivity index (χ4v) is 3.08. The van der Waals surface area contributed by atoms with Gasteiger partial charge in [-0.1, -0.05) is 12.8 Å². The number of thiophene rings is 1. The van der Waals surface area contributed by atoms with Crippen LogP contribution in [0.1, 0.15) is 35.4 Å². The van der Waals surface area contributed by atoms with Gasteiger partial charge in [-0.25, -0.2) is 4.79 Å². The van der Waals surface area contributed by atoms with E-state index in [0.717, 1.165) is 30.6 Å². The van der Waals surface area contributed by atoms with Crippen molar-refractivity contribution >= 4 is 17.4 Å². The summed E-state index contributed by atoms with van der Waals surface area (Å²) in [6, 6.07) is 3.79. The molecular formula is C13H20N2O2S. The molecule has 1 aliphatic rings. The van der Waals surface area contributed by atoms with E-state index < -0.39 is 6.10 Å². The maximum atomic E-state index is 11.7. The van der Waals surface area contributed by atoms with Gasteiger partial charge >= 0.3 is 6.03 Å². The summed E-state index contributed by atoms with van der Waals surface area (Å²) in [6.07, 6.45) is 3.39. The van der Waals surface area contributed by atoms with Crippen molar-refractivity contribution in [2.45, 2.75) is 51.3 Å². The summed E-state index contributed by atoms with van der Waals surface area (Å²) in [7, 11) is 0. The van der Waals surface area contributed by atoms with Crippen molar-refractivity contribution in [2.24, 2.45) is 0 Å². The molecule has 0 spiro atoms. The van der Waals surface area contributed by atoms with E-state index in [2.05, 4.69) is 10.6 Å². The molecule has 0 bridgehead atoms. The monoisotopic (exact) mass is 268 g/mol. The van der Waals surface area contributed by atoms with Crippen LogP contribution < -0.4 is 10.6 Å². The van der Waals surface area contributed by atoms with Crippen molar-refractivity contribution in [3.05, 3.63) is 21.9 Å². The van der Waals surface area contributed by atoms with Crippen molar-refractivity contribution in [2.75, 3.05) is 0 Å². The fourth-order valence-electron chi connectivity index (χ4n) is 2.25. The predicted octanol–water partition coefficient (Wildman–Crippen LogP) is 2.16. The molecule has 0 radical (unpaired) electrons. The molecule has 5 heteroatoms. The molecule has 1 aliphatic carbocycles. The summed E-state index contributed by atoms with van der Waals surface area (Å²) >= 11 is 1.68. The molecule has 2 unspecified atom stereocenters. The maximum absolute atomic E-state index is 11.7. The van der Waals surface area contributed by atoms with Crippen LogP contribution in [0.3, 0.4) is 0 Å². The van der Waals surface area contributed by atoms with E-state index in [1.165, 1.54) is 4.88 Å². The lowest BCUT2D eigenvalue weighted by Gasteiger charge is -2.28. The van der Waals surface area contributed by atoms with Crippen LogP contribution >= 0.6 is 11.3 Å². The molecular weight excluding hydrogens is 248 g/mol. The minimum absolute atomic E-state index is 0.0937. The van der Waals surface area contributed by atoms with E-state index in [1.807, 2.05) is 19.1 Å². The SMILES string of the molecule is Cc1ccc(CNC(=O)NC2CCCCC2O)s1. The molecule has 2 rings (SSSR count). The van der Waals surface area contributed by atoms with Crippen LogP contribution in [-0.4, -0.2) is 23.3 Å². The van der Waals surface area contributed by atoms with Crippen LogP contribution in [0.4, 0.5) is 4.79 Å². The Hall–Kier alpha value is -1.07. The average molecular weight is 268 g/mol. The number of amides is 2. The Bertz CT molecular complexity index is 405. The van der Waals surface area contributed by atoms with Crippen LogP contribution in [0.15, 0.2) is 12.1 Å². The summed E-state index contributed by atoms with van der Waals surface area (Å²) in [4.78, 5) is 14.1. The number of carbonyl (C=O) groups excluding carboxylic acids is 1. The Balaban J connectivity index is 1.74. The molecule has 1 aromatic heterocycles. The minimum Gasteiger partial charge on any atom is -0.391 e. The minimum atomic E-state index is -0.395. The summed E-state index contributed by atoms with van der Waals surface area (Å²) in [5.41, 5.74) is 0. The summed E-state index contributed by atoms with van der Waals surface area (Å²) in [5, 5.41) is 15.4. The quantitative estimate of drug-likeness (QED) is 0.786. The Labute approximate surface area is 111 Å². The van der Waals surface area contributed by atoms with E-state index in [1.54, 1.807) is 11.3 Å². The van der Waals surface area contributed by atoms with E-state index >= 15 is 0 Å². The number of hydrogen-bond acceptors (Lipinski definition) is 3. The van der Waals surface area contributed by atoms with Crippen molar-refractivity contribution in [3.63, 3.8) is 0 Å². The number of rotatable bonds is 3. The van der Waals surface area contributed by atoms with Crippen LogP contribution in [0.5, 0.6) is 0 Å². The molecule has 18 heavy (non-hydrogen) atoms. The zero-order chi connectivity index (χ0) is 13.0. The molecule has 2 amide bonds. The first-order valence-corrected chi connectivity index (χ1v) is 7.24. The third kappa shape index (κ3) is 3.71. The second-order valence-corrected chi connectivity index (χ2v) is 6.17. The van der Waals surface area contributed by atoms with Crippen molar-refractivity contribution in [1.82, 2.24) is 10.6 Å². The Morgan fingerprint density at radius 2 is 2.22 bits per heavy atom. The van der Waals surface area contributed by atoms with Gasteiger partial charge in [0, 0.05) is 9.75 Å². The summed E-state index contributed by atoms with van der Waals surface area (Å²) < 4.78 is 0. The first kappa shape index (κ1) is 13.4. The molecule has 3 N–H and O–H groups in total. The zero-order valence-electron chi connectivity index (χ0n) is 10.6. The Morgan fingerprint density at radius 3 is 2.89 bits per heavy atom. The third-order valence-corrected chi connectivity index (χ3v) is 4.27. The number of aryl methyl sites for hydroxylation is 1. The van der Waals surface area contributed by atoms with Gasteiger partial charge in [-0.05, 0) is 31.9 Å². The number of aliphatic hydroxyl groups excluding tert-OH is 1. The molecule has 1 fully saturated rings. The van der Waals surface area contributed by atoms with E-state index in [0.29, 0.717) is 6.54 Å². The molecule has 1 heterocycles. The molecule has 4 nitrogen and oxygen atoms in total. The molecule has 2 atom stereocenters. The van der Waals surface area contributed by atoms with E-state index in [-0.39, 0.29) is 12.1 Å². The largest absolute Gasteiger partial charge is 0.391 e. The smallest absolute Gasteiger partial charge is 0.315 e. The number of aliphatic hydroxyl groups is 1. The predicted molar refractivity (Wildman–Crippen MR) is 72.7 cm³/mol. The molecule has 0 saturated heterocycles. The number of nitrogens with one attached hydrogen (secondary N) is 2. The van der Waals surface area contributed by atoms with Crippen molar-refractivity contribution in [3.8, 4) is 0 Å². The third-order valence-electron chi connectivity index (χ3n) is 3.27. The lowest BCUT2D eigenvalue weighted by molar-refractivity contribution is 0.0943. The van der Waals surface area contributed by atoms with Crippen molar-refractivity contribution in [1.29, 1.82) is 0 Å². The van der Waals surface area contributed by atoms with E-state index in [4.69, 9.17) is 0 Å². The maximum Gasteiger partial charge on any atom is 0.315 e. The van der Waals surface area contributed by atoms with Crippen LogP contribution in [0.2, 0.25) is 0 Å². The van der Waals surface area contributed by atoms with Gasteiger partial charge in [0.05, 0.1) is 18.7 Å². The molecule has 1 saturated carbocycles. The molecule has 100 valence electrons. The average Bonchev–Trinajstić information content (AvgIpc) is 2.76. The van der Waals surface area contributed by atoms with Gasteiger partial charge in [0.2, 0.25) is 0 Å². The van der Waals surface area contributed by atoms with Gasteiger partial charge in [-0.3, -0.25) is 0 Å². The van der Waals surface area contributed by atoms with Crippen LogP contribution in [0, 0.1) is 6.92 Å². The number of carbonyl (C=O) groups is 1. The van der Waals surface area contributed by atoms with Gasteiger partial charge in [0.1, 0.15) is 0 Å². The normalized spacial score (nSPS) is 23.7. The van der Waals surface area contributed by atoms with Crippen molar-refractivity contribution < 1.29 is 9.90 Å². The van der Waals surface area contributed by atoms with Gasteiger partial charge < -0.3 is 15.7 Å². The first-order chi connectivity index (χ1) is 8.65. The second-order valence-electron chi connectivity index (χ2n) is 4.80. The Morgan fingerprint density at radius 1 is 1.44 bits per heavy atom. The van der Waals surface area contributed by atoms with E-state index in [9.17, 15) is 9.90 Å². The van der Waals surface area contributed by atoms with Gasteiger partial charge in [-0.2, -0.15) is 0 Å². The molecule has 0 aromatic carbocycles. The van der Waals surface area contributed by atoms with Crippen LogP contribution in [0.25, 0.3) is 0 Å². The zero-order valence-corrected chi connectivity index (χ0v) is 11.4. The standard InChI is InChI=1S/C13H20N2O2S/c1-9-6-7-10(18-9)8-14-13(17)15-11-4-2-3-5-12(11)16/h6-7,11-12,16H,2-5,8H2,1H3,(H2,14,15,17). The highest BCUT2D eigenvalue weighted by Crippen LogP contribution is 2.18. The summed E-state index contributed by atoms with van der Waals surface area (Å²) in [6.45, 7) is 2.60. The number of hydrogen-bond donors (Lipinski definition) is 3. The lowest BCUT2D eigenvalue weighted by atomic mass is 9.93. The molecule has 1 aromatic rings. The van der Waals surface area contributed by atoms with Crippen LogP contribution in [-0.2, 0) is 6.54 Å². The first-order valence-electron chi connectivity index (χ1n) is 6.43. The van der Waals surface area contributed by atoms with Gasteiger partial charge in [0.25, 0.3) is 0 Å². The molecule has 0 aliphatic heterocycles. The van der Waals surface area contributed by atoms with Gasteiger partial charge in [0.15, 0.2) is 0 Å². The Kier molecular flexibility index (Phi) is 4.60. The second kappa shape index (κ2) is 6.20. The number of urea groups is 1. The highest BCUT2D eigenvalue weighted by Gasteiger charge is 2.24. The fraction of sp³-hybridized carbons (Fsp3) is 0.615. The highest BCUT2D eigenvalue weighted by molar-refractivity contribution is 7.11. The lowest BCUT2D eigenvalue weighted by Crippen LogP contribution is -2.48.